The number of benzene rings is 2. The van der Waals surface area contributed by atoms with E-state index < -0.39 is 63.9 Å². The maximum absolute atomic E-state index is 14.1. The van der Waals surface area contributed by atoms with Crippen molar-refractivity contribution in [3.63, 3.8) is 0 Å². The molecular weight excluding hydrogens is 532 g/mol. The first-order chi connectivity index (χ1) is 19.2. The molecule has 0 unspecified atom stereocenters. The number of carbonyl (C=O) groups is 4. The Morgan fingerprint density at radius 3 is 2.54 bits per heavy atom. The van der Waals surface area contributed by atoms with Gasteiger partial charge in [-0.25, -0.2) is 8.78 Å². The van der Waals surface area contributed by atoms with Gasteiger partial charge < -0.3 is 20.4 Å². The number of nitrogens with one attached hydrogen (secondary N) is 2. The van der Waals surface area contributed by atoms with Gasteiger partial charge in [0.15, 0.2) is 0 Å². The predicted molar refractivity (Wildman–Crippen MR) is 146 cm³/mol. The van der Waals surface area contributed by atoms with Crippen LogP contribution in [0, 0.1) is 28.4 Å². The van der Waals surface area contributed by atoms with Crippen molar-refractivity contribution in [2.75, 3.05) is 18.9 Å². The minimum absolute atomic E-state index is 0.0221. The normalized spacial score (nSPS) is 21.1. The summed E-state index contributed by atoms with van der Waals surface area (Å²) in [6, 6.07) is 8.76. The second-order valence-corrected chi connectivity index (χ2v) is 11.9. The number of likely N-dealkylation sites (tertiary alicyclic amines) is 1. The highest BCUT2D eigenvalue weighted by Gasteiger charge is 2.56. The van der Waals surface area contributed by atoms with Crippen LogP contribution in [-0.4, -0.2) is 65.1 Å². The number of hydrogen-bond acceptors (Lipinski definition) is 5. The largest absolute Gasteiger partial charge is 0.340 e. The van der Waals surface area contributed by atoms with Gasteiger partial charge in [0.25, 0.3) is 5.91 Å². The second-order valence-electron chi connectivity index (χ2n) is 11.9. The summed E-state index contributed by atoms with van der Waals surface area (Å²) in [6.45, 7) is 7.09. The summed E-state index contributed by atoms with van der Waals surface area (Å²) in [4.78, 5) is 56.0. The average Bonchev–Trinajstić information content (AvgIpc) is 3.43. The van der Waals surface area contributed by atoms with Crippen molar-refractivity contribution < 1.29 is 28.0 Å². The smallest absolute Gasteiger partial charge is 0.254 e. The van der Waals surface area contributed by atoms with Gasteiger partial charge in [-0.3, -0.25) is 19.2 Å². The molecular formula is C30H33F2N5O4. The topological polar surface area (TPSA) is 123 Å². The molecule has 2 aromatic rings. The van der Waals surface area contributed by atoms with Crippen LogP contribution < -0.4 is 10.6 Å². The number of halogens is 2. The molecule has 0 saturated carbocycles. The molecule has 2 aliphatic heterocycles. The first kappa shape index (κ1) is 29.6. The number of para-hydroxylation sites is 1. The summed E-state index contributed by atoms with van der Waals surface area (Å²) in [6.07, 6.45) is 0.347. The van der Waals surface area contributed by atoms with E-state index in [1.165, 1.54) is 23.8 Å². The van der Waals surface area contributed by atoms with E-state index in [2.05, 4.69) is 16.7 Å². The third kappa shape index (κ3) is 5.64. The van der Waals surface area contributed by atoms with E-state index >= 15 is 0 Å². The maximum Gasteiger partial charge on any atom is 0.254 e. The molecule has 216 valence electrons. The maximum atomic E-state index is 14.1. The lowest BCUT2D eigenvalue weighted by Crippen LogP contribution is -2.56. The minimum atomic E-state index is -1.16. The highest BCUT2D eigenvalue weighted by Crippen LogP contribution is 2.46. The first-order valence-corrected chi connectivity index (χ1v) is 13.3. The van der Waals surface area contributed by atoms with E-state index in [9.17, 15) is 33.2 Å². The van der Waals surface area contributed by atoms with E-state index in [1.807, 2.05) is 26.8 Å². The van der Waals surface area contributed by atoms with Crippen molar-refractivity contribution in [1.29, 1.82) is 5.26 Å². The number of hydrogen-bond donors (Lipinski definition) is 2. The third-order valence-electron chi connectivity index (χ3n) is 7.72. The highest BCUT2D eigenvalue weighted by atomic mass is 19.1. The summed E-state index contributed by atoms with van der Waals surface area (Å²) in [5.74, 6) is -4.21. The molecule has 41 heavy (non-hydrogen) atoms. The minimum Gasteiger partial charge on any atom is -0.340 e. The fraction of sp³-hybridized carbons (Fsp3) is 0.433. The number of nitrogens with zero attached hydrogens (tertiary/aromatic N) is 3. The van der Waals surface area contributed by atoms with Gasteiger partial charge >= 0.3 is 0 Å². The molecule has 11 heteroatoms. The van der Waals surface area contributed by atoms with E-state index in [4.69, 9.17) is 0 Å². The third-order valence-corrected chi connectivity index (χ3v) is 7.72. The van der Waals surface area contributed by atoms with Crippen LogP contribution in [0.5, 0.6) is 0 Å². The van der Waals surface area contributed by atoms with Crippen molar-refractivity contribution in [3.8, 4) is 6.07 Å². The van der Waals surface area contributed by atoms with E-state index in [-0.39, 0.29) is 25.3 Å². The second kappa shape index (κ2) is 10.9. The number of nitriles is 1. The van der Waals surface area contributed by atoms with Crippen LogP contribution in [-0.2, 0) is 19.8 Å². The number of fused-ring (bicyclic) bond motifs is 2. The lowest BCUT2D eigenvalue weighted by molar-refractivity contribution is -0.146. The molecule has 0 radical (unpaired) electrons. The molecule has 4 rings (SSSR count). The zero-order valence-corrected chi connectivity index (χ0v) is 23.6. The Hall–Kier alpha value is -4.33. The molecule has 0 bridgehead atoms. The summed E-state index contributed by atoms with van der Waals surface area (Å²) in [5.41, 5.74) is -0.562. The fourth-order valence-electron chi connectivity index (χ4n) is 5.62. The van der Waals surface area contributed by atoms with Gasteiger partial charge in [-0.15, -0.1) is 0 Å². The number of amides is 4. The van der Waals surface area contributed by atoms with Gasteiger partial charge in [0.2, 0.25) is 17.7 Å². The fourth-order valence-corrected chi connectivity index (χ4v) is 5.62. The zero-order valence-electron chi connectivity index (χ0n) is 23.6. The summed E-state index contributed by atoms with van der Waals surface area (Å²) >= 11 is 0. The molecule has 1 saturated heterocycles. The molecule has 2 aromatic carbocycles. The van der Waals surface area contributed by atoms with Gasteiger partial charge in [0, 0.05) is 31.8 Å². The summed E-state index contributed by atoms with van der Waals surface area (Å²) in [5, 5.41) is 15.3. The lowest BCUT2D eigenvalue weighted by atomic mass is 9.80. The summed E-state index contributed by atoms with van der Waals surface area (Å²) in [7, 11) is 1.43. The molecule has 1 spiro atoms. The molecule has 2 aliphatic rings. The van der Waals surface area contributed by atoms with Gasteiger partial charge in [0.1, 0.15) is 29.8 Å². The van der Waals surface area contributed by atoms with Crippen molar-refractivity contribution >= 4 is 29.3 Å². The van der Waals surface area contributed by atoms with Gasteiger partial charge in [-0.2, -0.15) is 5.26 Å². The Bertz CT molecular complexity index is 1450. The molecule has 4 atom stereocenters. The number of likely N-dealkylation sites (N-methyl/N-ethyl adjacent to an activating group) is 1. The molecule has 9 nitrogen and oxygen atoms in total. The Morgan fingerprint density at radius 2 is 1.90 bits per heavy atom. The van der Waals surface area contributed by atoms with E-state index in [0.29, 0.717) is 11.8 Å². The molecule has 4 amide bonds. The van der Waals surface area contributed by atoms with Crippen LogP contribution in [0.2, 0.25) is 0 Å². The van der Waals surface area contributed by atoms with Crippen LogP contribution in [0.4, 0.5) is 14.5 Å². The predicted octanol–water partition coefficient (Wildman–Crippen LogP) is 3.36. The van der Waals surface area contributed by atoms with Crippen molar-refractivity contribution in [1.82, 2.24) is 15.1 Å². The van der Waals surface area contributed by atoms with Gasteiger partial charge in [0.05, 0.1) is 17.0 Å². The first-order valence-electron chi connectivity index (χ1n) is 13.3. The monoisotopic (exact) mass is 565 g/mol. The zero-order chi connectivity index (χ0) is 30.3. The number of anilines is 1. The Morgan fingerprint density at radius 1 is 1.22 bits per heavy atom. The highest BCUT2D eigenvalue weighted by molar-refractivity contribution is 6.07. The van der Waals surface area contributed by atoms with Crippen molar-refractivity contribution in [3.05, 3.63) is 65.2 Å². The molecule has 2 heterocycles. The summed E-state index contributed by atoms with van der Waals surface area (Å²) < 4.78 is 27.4. The van der Waals surface area contributed by atoms with E-state index in [1.54, 1.807) is 18.2 Å². The Kier molecular flexibility index (Phi) is 7.89. The Labute approximate surface area is 237 Å². The Balaban J connectivity index is 1.58. The van der Waals surface area contributed by atoms with Gasteiger partial charge in [-0.1, -0.05) is 39.0 Å². The molecule has 2 N–H and O–H groups in total. The molecule has 0 aromatic heterocycles. The van der Waals surface area contributed by atoms with Gasteiger partial charge in [-0.05, 0) is 42.5 Å². The molecule has 1 fully saturated rings. The standard InChI is InChI=1S/C30H33F2N5O4/c1-17(34-25(38)20-11-10-18(31)12-22(20)32)26(39)36(5)24(14-29(2,3)4)27(40)37-16-30(13-19(37)15-33)21-8-6-7-9-23(21)35-28(30)41/h6-12,17,19,24H,13-14,16H2,1-5H3,(H,34,38)(H,35,41)/t17-,19-,24-,30-/m0/s1. The molecule has 0 aliphatic carbocycles. The van der Waals surface area contributed by atoms with Crippen molar-refractivity contribution in [2.24, 2.45) is 5.41 Å². The van der Waals surface area contributed by atoms with Crippen LogP contribution in [0.3, 0.4) is 0 Å². The number of carbonyl (C=O) groups excluding carboxylic acids is 4. The lowest BCUT2D eigenvalue weighted by Gasteiger charge is -2.36. The average molecular weight is 566 g/mol. The van der Waals surface area contributed by atoms with Crippen LogP contribution >= 0.6 is 0 Å². The van der Waals surface area contributed by atoms with Crippen LogP contribution in [0.25, 0.3) is 0 Å². The quantitative estimate of drug-likeness (QED) is 0.556. The van der Waals surface area contributed by atoms with Crippen molar-refractivity contribution in [2.45, 2.75) is 64.1 Å². The van der Waals surface area contributed by atoms with Crippen LogP contribution in [0.15, 0.2) is 42.5 Å². The van der Waals surface area contributed by atoms with E-state index in [0.717, 1.165) is 17.7 Å². The number of rotatable bonds is 6. The van der Waals surface area contributed by atoms with Crippen LogP contribution in [0.1, 0.15) is 56.5 Å². The SMILES string of the molecule is C[C@H](NC(=O)c1ccc(F)cc1F)C(=O)N(C)[C@@H](CC(C)(C)C)C(=O)N1C[C@]2(C[C@H]1C#N)C(=O)Nc1ccccc12.